The number of carbonyl (C=O) groups excluding carboxylic acids is 1. The molecule has 6 heteroatoms. The number of hydrogen-bond donors (Lipinski definition) is 2. The average molecular weight is 356 g/mol. The minimum Gasteiger partial charge on any atom is -0.483 e. The lowest BCUT2D eigenvalue weighted by molar-refractivity contribution is -0.118. The molecule has 0 saturated carbocycles. The van der Waals surface area contributed by atoms with E-state index in [9.17, 15) is 4.79 Å². The van der Waals surface area contributed by atoms with Gasteiger partial charge in [0.25, 0.3) is 5.91 Å². The van der Waals surface area contributed by atoms with Crippen LogP contribution in [-0.2, 0) is 4.79 Å². The molecule has 3 aromatic rings. The van der Waals surface area contributed by atoms with Gasteiger partial charge in [-0.25, -0.2) is 0 Å². The van der Waals surface area contributed by atoms with Gasteiger partial charge in [-0.15, -0.1) is 0 Å². The first-order chi connectivity index (χ1) is 12.0. The number of halogens is 1. The van der Waals surface area contributed by atoms with Crippen LogP contribution < -0.4 is 10.1 Å². The Balaban J connectivity index is 1.73. The highest BCUT2D eigenvalue weighted by molar-refractivity contribution is 6.30. The summed E-state index contributed by atoms with van der Waals surface area (Å²) in [5, 5.41) is 10.5. The van der Waals surface area contributed by atoms with Crippen molar-refractivity contribution < 1.29 is 9.53 Å². The van der Waals surface area contributed by atoms with E-state index in [1.165, 1.54) is 0 Å². The first kappa shape index (κ1) is 17.0. The van der Waals surface area contributed by atoms with Crippen LogP contribution in [0.5, 0.6) is 5.75 Å². The molecule has 0 bridgehead atoms. The van der Waals surface area contributed by atoms with Gasteiger partial charge in [0, 0.05) is 16.3 Å². The number of benzene rings is 2. The van der Waals surface area contributed by atoms with Gasteiger partial charge < -0.3 is 10.1 Å². The predicted octanol–water partition coefficient (Wildman–Crippen LogP) is 4.36. The second-order valence-corrected chi connectivity index (χ2v) is 6.12. The van der Waals surface area contributed by atoms with Crippen LogP contribution in [0, 0.1) is 13.8 Å². The Bertz CT molecular complexity index is 905. The molecular formula is C19H18ClN3O2. The molecule has 0 spiro atoms. The van der Waals surface area contributed by atoms with Gasteiger partial charge in [0.15, 0.2) is 12.4 Å². The number of amides is 1. The molecular weight excluding hydrogens is 338 g/mol. The van der Waals surface area contributed by atoms with Crippen LogP contribution in [0.4, 0.5) is 5.82 Å². The fourth-order valence-corrected chi connectivity index (χ4v) is 2.74. The van der Waals surface area contributed by atoms with E-state index < -0.39 is 0 Å². The van der Waals surface area contributed by atoms with Crippen LogP contribution >= 0.6 is 11.6 Å². The number of anilines is 1. The zero-order valence-corrected chi connectivity index (χ0v) is 14.7. The van der Waals surface area contributed by atoms with Gasteiger partial charge >= 0.3 is 0 Å². The first-order valence-electron chi connectivity index (χ1n) is 7.84. The zero-order valence-electron chi connectivity index (χ0n) is 14.0. The molecule has 0 aliphatic heterocycles. The van der Waals surface area contributed by atoms with Crippen molar-refractivity contribution in [3.05, 3.63) is 64.8 Å². The topological polar surface area (TPSA) is 67.0 Å². The van der Waals surface area contributed by atoms with E-state index >= 15 is 0 Å². The molecule has 3 rings (SSSR count). The number of nitrogens with one attached hydrogen (secondary N) is 2. The number of aromatic amines is 1. The van der Waals surface area contributed by atoms with E-state index in [1.807, 2.05) is 56.3 Å². The number of carbonyl (C=O) groups is 1. The number of rotatable bonds is 5. The third kappa shape index (κ3) is 4.00. The number of H-pyrrole nitrogens is 1. The average Bonchev–Trinajstić information content (AvgIpc) is 2.94. The van der Waals surface area contributed by atoms with E-state index in [0.29, 0.717) is 16.6 Å². The van der Waals surface area contributed by atoms with Gasteiger partial charge in [0.1, 0.15) is 5.75 Å². The lowest BCUT2D eigenvalue weighted by Gasteiger charge is -2.09. The molecule has 0 fully saturated rings. The van der Waals surface area contributed by atoms with Crippen LogP contribution in [0.3, 0.4) is 0 Å². The maximum absolute atomic E-state index is 12.2. The van der Waals surface area contributed by atoms with Crippen molar-refractivity contribution in [2.24, 2.45) is 0 Å². The van der Waals surface area contributed by atoms with E-state index in [4.69, 9.17) is 16.3 Å². The summed E-state index contributed by atoms with van der Waals surface area (Å²) in [6.45, 7) is 3.73. The molecule has 128 valence electrons. The standard InChI is InChI=1S/C19H18ClN3O2/c1-12-6-3-4-9-16(12)25-11-17(24)21-19-18(13(2)22-23-19)14-7-5-8-15(20)10-14/h3-10H,11H2,1-2H3,(H2,21,22,23,24). The van der Waals surface area contributed by atoms with Crippen molar-refractivity contribution in [1.29, 1.82) is 0 Å². The van der Waals surface area contributed by atoms with Crippen molar-refractivity contribution >= 4 is 23.3 Å². The molecule has 2 N–H and O–H groups in total. The van der Waals surface area contributed by atoms with E-state index in [1.54, 1.807) is 6.07 Å². The number of hydrogen-bond acceptors (Lipinski definition) is 3. The highest BCUT2D eigenvalue weighted by atomic mass is 35.5. The Kier molecular flexibility index (Phi) is 5.05. The molecule has 1 heterocycles. The van der Waals surface area contributed by atoms with Crippen LogP contribution in [0.25, 0.3) is 11.1 Å². The van der Waals surface area contributed by atoms with Crippen LogP contribution in [0.1, 0.15) is 11.3 Å². The van der Waals surface area contributed by atoms with Gasteiger partial charge in [0.05, 0.1) is 0 Å². The molecule has 1 aromatic heterocycles. The van der Waals surface area contributed by atoms with Crippen molar-refractivity contribution in [3.8, 4) is 16.9 Å². The SMILES string of the molecule is Cc1ccccc1OCC(=O)Nc1n[nH]c(C)c1-c1cccc(Cl)c1. The maximum Gasteiger partial charge on any atom is 0.263 e. The number of nitrogens with zero attached hydrogens (tertiary/aromatic N) is 1. The fraction of sp³-hybridized carbons (Fsp3) is 0.158. The van der Waals surface area contributed by atoms with Crippen LogP contribution in [-0.4, -0.2) is 22.7 Å². The van der Waals surface area contributed by atoms with Crippen molar-refractivity contribution in [2.75, 3.05) is 11.9 Å². The minimum atomic E-state index is -0.280. The highest BCUT2D eigenvalue weighted by Crippen LogP contribution is 2.31. The molecule has 0 aliphatic carbocycles. The van der Waals surface area contributed by atoms with Crippen molar-refractivity contribution in [1.82, 2.24) is 10.2 Å². The summed E-state index contributed by atoms with van der Waals surface area (Å²) < 4.78 is 5.57. The summed E-state index contributed by atoms with van der Waals surface area (Å²) >= 11 is 6.07. The number of ether oxygens (including phenoxy) is 1. The largest absolute Gasteiger partial charge is 0.483 e. The molecule has 0 saturated heterocycles. The normalized spacial score (nSPS) is 10.5. The lowest BCUT2D eigenvalue weighted by Crippen LogP contribution is -2.21. The van der Waals surface area contributed by atoms with Crippen LogP contribution in [0.2, 0.25) is 5.02 Å². The molecule has 5 nitrogen and oxygen atoms in total. The molecule has 0 unspecified atom stereocenters. The molecule has 0 atom stereocenters. The first-order valence-corrected chi connectivity index (χ1v) is 8.21. The number of para-hydroxylation sites is 1. The summed E-state index contributed by atoms with van der Waals surface area (Å²) in [7, 11) is 0. The minimum absolute atomic E-state index is 0.0915. The molecule has 0 aliphatic rings. The van der Waals surface area contributed by atoms with E-state index in [2.05, 4.69) is 15.5 Å². The summed E-state index contributed by atoms with van der Waals surface area (Å²) in [5.74, 6) is 0.863. The predicted molar refractivity (Wildman–Crippen MR) is 99.1 cm³/mol. The second kappa shape index (κ2) is 7.40. The lowest BCUT2D eigenvalue weighted by atomic mass is 10.1. The summed E-state index contributed by atoms with van der Waals surface area (Å²) in [4.78, 5) is 12.2. The van der Waals surface area contributed by atoms with Crippen molar-refractivity contribution in [3.63, 3.8) is 0 Å². The smallest absolute Gasteiger partial charge is 0.263 e. The number of aryl methyl sites for hydroxylation is 2. The van der Waals surface area contributed by atoms with Gasteiger partial charge in [-0.2, -0.15) is 5.10 Å². The molecule has 0 radical (unpaired) electrons. The summed E-state index contributed by atoms with van der Waals surface area (Å²) in [5.41, 5.74) is 3.52. The third-order valence-corrected chi connectivity index (χ3v) is 4.01. The summed E-state index contributed by atoms with van der Waals surface area (Å²) in [6, 6.07) is 15.0. The summed E-state index contributed by atoms with van der Waals surface area (Å²) in [6.07, 6.45) is 0. The molecule has 1 amide bonds. The van der Waals surface area contributed by atoms with Gasteiger partial charge in [-0.1, -0.05) is 41.9 Å². The number of aromatic nitrogens is 2. The van der Waals surface area contributed by atoms with Crippen molar-refractivity contribution in [2.45, 2.75) is 13.8 Å². The Morgan fingerprint density at radius 3 is 2.76 bits per heavy atom. The monoisotopic (exact) mass is 355 g/mol. The van der Waals surface area contributed by atoms with E-state index in [0.717, 1.165) is 22.4 Å². The Hall–Kier alpha value is -2.79. The van der Waals surface area contributed by atoms with E-state index in [-0.39, 0.29) is 12.5 Å². The molecule has 25 heavy (non-hydrogen) atoms. The van der Waals surface area contributed by atoms with Gasteiger partial charge in [-0.3, -0.25) is 9.89 Å². The second-order valence-electron chi connectivity index (χ2n) is 5.68. The van der Waals surface area contributed by atoms with Gasteiger partial charge in [-0.05, 0) is 43.2 Å². The Labute approximate surface area is 151 Å². The third-order valence-electron chi connectivity index (χ3n) is 3.77. The zero-order chi connectivity index (χ0) is 17.8. The molecule has 2 aromatic carbocycles. The Morgan fingerprint density at radius 1 is 1.20 bits per heavy atom. The maximum atomic E-state index is 12.2. The Morgan fingerprint density at radius 2 is 2.00 bits per heavy atom. The fourth-order valence-electron chi connectivity index (χ4n) is 2.55. The van der Waals surface area contributed by atoms with Gasteiger partial charge in [0.2, 0.25) is 0 Å². The highest BCUT2D eigenvalue weighted by Gasteiger charge is 2.15. The van der Waals surface area contributed by atoms with Crippen LogP contribution in [0.15, 0.2) is 48.5 Å². The quantitative estimate of drug-likeness (QED) is 0.714.